The van der Waals surface area contributed by atoms with E-state index >= 15 is 0 Å². The van der Waals surface area contributed by atoms with Crippen molar-refractivity contribution in [2.45, 2.75) is 10.8 Å². The van der Waals surface area contributed by atoms with Gasteiger partial charge in [-0.25, -0.2) is 0 Å². The molecule has 2 heteroatoms. The van der Waals surface area contributed by atoms with E-state index in [1.165, 1.54) is 21.2 Å². The van der Waals surface area contributed by atoms with Crippen LogP contribution >= 0.6 is 11.8 Å². The molecule has 0 fully saturated rings. The average Bonchev–Trinajstić information content (AvgIpc) is 2.72. The maximum atomic E-state index is 11.0. The van der Waals surface area contributed by atoms with E-state index in [0.717, 1.165) is 12.0 Å². The minimum Gasteiger partial charge on any atom is -0.303 e. The summed E-state index contributed by atoms with van der Waals surface area (Å²) < 4.78 is 0. The van der Waals surface area contributed by atoms with Crippen LogP contribution in [0.25, 0.3) is 10.8 Å². The van der Waals surface area contributed by atoms with Crippen LogP contribution < -0.4 is 0 Å². The summed E-state index contributed by atoms with van der Waals surface area (Å²) in [5.41, 5.74) is 1.23. The number of rotatable bonds is 1. The number of thioether (sulfide) groups is 1. The molecule has 1 unspecified atom stereocenters. The second-order valence-corrected chi connectivity index (χ2v) is 4.81. The van der Waals surface area contributed by atoms with Gasteiger partial charge in [0.05, 0.1) is 5.92 Å². The van der Waals surface area contributed by atoms with Gasteiger partial charge in [-0.2, -0.15) is 0 Å². The van der Waals surface area contributed by atoms with Crippen molar-refractivity contribution in [1.29, 1.82) is 0 Å². The molecular weight excluding hydrogens is 204 g/mol. The van der Waals surface area contributed by atoms with Gasteiger partial charge in [-0.05, 0) is 22.4 Å². The first-order valence-corrected chi connectivity index (χ1v) is 5.98. The molecule has 3 rings (SSSR count). The molecule has 1 atom stereocenters. The minimum absolute atomic E-state index is 0.0797. The Kier molecular flexibility index (Phi) is 2.03. The SMILES string of the molecule is O=CC1CSc2ccc3ccccc3c21. The third-order valence-corrected chi connectivity index (χ3v) is 4.08. The third kappa shape index (κ3) is 1.29. The molecule has 0 saturated heterocycles. The average molecular weight is 214 g/mol. The molecule has 74 valence electrons. The standard InChI is InChI=1S/C13H10OS/c14-7-10-8-15-12-6-5-9-3-1-2-4-11(9)13(10)12/h1-7,10H,8H2. The maximum absolute atomic E-state index is 11.0. The Morgan fingerprint density at radius 2 is 2.07 bits per heavy atom. The zero-order valence-electron chi connectivity index (χ0n) is 8.14. The van der Waals surface area contributed by atoms with Crippen molar-refractivity contribution < 1.29 is 4.79 Å². The highest BCUT2D eigenvalue weighted by molar-refractivity contribution is 7.99. The normalized spacial score (nSPS) is 19.1. The molecule has 0 amide bonds. The van der Waals surface area contributed by atoms with Crippen LogP contribution in [0.1, 0.15) is 11.5 Å². The molecule has 2 aromatic carbocycles. The molecule has 15 heavy (non-hydrogen) atoms. The molecule has 0 spiro atoms. The summed E-state index contributed by atoms with van der Waals surface area (Å²) in [5, 5.41) is 2.46. The van der Waals surface area contributed by atoms with Crippen molar-refractivity contribution >= 4 is 28.8 Å². The topological polar surface area (TPSA) is 17.1 Å². The molecule has 1 aliphatic rings. The molecule has 0 aromatic heterocycles. The van der Waals surface area contributed by atoms with Gasteiger partial charge in [0.25, 0.3) is 0 Å². The fraction of sp³-hybridized carbons (Fsp3) is 0.154. The predicted molar refractivity (Wildman–Crippen MR) is 63.5 cm³/mol. The quantitative estimate of drug-likeness (QED) is 0.678. The molecule has 2 aromatic rings. The monoisotopic (exact) mass is 214 g/mol. The van der Waals surface area contributed by atoms with E-state index in [9.17, 15) is 4.79 Å². The van der Waals surface area contributed by atoms with Gasteiger partial charge in [-0.15, -0.1) is 11.8 Å². The van der Waals surface area contributed by atoms with Gasteiger partial charge in [-0.1, -0.05) is 30.3 Å². The first-order chi connectivity index (χ1) is 7.40. The molecule has 1 heterocycles. The van der Waals surface area contributed by atoms with Crippen LogP contribution in [-0.2, 0) is 4.79 Å². The maximum Gasteiger partial charge on any atom is 0.128 e. The van der Waals surface area contributed by atoms with Gasteiger partial charge >= 0.3 is 0 Å². The fourth-order valence-electron chi connectivity index (χ4n) is 2.15. The van der Waals surface area contributed by atoms with Crippen molar-refractivity contribution in [1.82, 2.24) is 0 Å². The summed E-state index contributed by atoms with van der Waals surface area (Å²) in [6.07, 6.45) is 1.07. The highest BCUT2D eigenvalue weighted by Gasteiger charge is 2.24. The van der Waals surface area contributed by atoms with Crippen molar-refractivity contribution in [3.63, 3.8) is 0 Å². The van der Waals surface area contributed by atoms with Gasteiger partial charge in [0.1, 0.15) is 6.29 Å². The Balaban J connectivity index is 2.37. The number of hydrogen-bond acceptors (Lipinski definition) is 2. The van der Waals surface area contributed by atoms with Crippen LogP contribution in [0, 0.1) is 0 Å². The van der Waals surface area contributed by atoms with Gasteiger partial charge in [-0.3, -0.25) is 0 Å². The van der Waals surface area contributed by atoms with Crippen LogP contribution in [0.3, 0.4) is 0 Å². The lowest BCUT2D eigenvalue weighted by molar-refractivity contribution is -0.108. The number of aldehydes is 1. The van der Waals surface area contributed by atoms with E-state index in [1.807, 2.05) is 12.1 Å². The molecule has 0 aliphatic carbocycles. The highest BCUT2D eigenvalue weighted by atomic mass is 32.2. The summed E-state index contributed by atoms with van der Waals surface area (Å²) in [6, 6.07) is 12.5. The van der Waals surface area contributed by atoms with Crippen molar-refractivity contribution in [2.24, 2.45) is 0 Å². The number of carbonyl (C=O) groups excluding carboxylic acids is 1. The predicted octanol–water partition coefficient (Wildman–Crippen LogP) is 3.23. The molecule has 0 radical (unpaired) electrons. The minimum atomic E-state index is 0.0797. The van der Waals surface area contributed by atoms with Crippen molar-refractivity contribution in [3.8, 4) is 0 Å². The van der Waals surface area contributed by atoms with Crippen LogP contribution in [0.5, 0.6) is 0 Å². The van der Waals surface area contributed by atoms with Gasteiger partial charge < -0.3 is 4.79 Å². The van der Waals surface area contributed by atoms with Gasteiger partial charge in [0, 0.05) is 10.6 Å². The number of benzene rings is 2. The summed E-state index contributed by atoms with van der Waals surface area (Å²) >= 11 is 1.78. The smallest absolute Gasteiger partial charge is 0.128 e. The lowest BCUT2D eigenvalue weighted by Gasteiger charge is -2.07. The summed E-state index contributed by atoms with van der Waals surface area (Å²) in [7, 11) is 0. The molecular formula is C13H10OS. The Labute approximate surface area is 92.5 Å². The molecule has 0 N–H and O–H groups in total. The number of fused-ring (bicyclic) bond motifs is 3. The molecule has 1 aliphatic heterocycles. The zero-order valence-corrected chi connectivity index (χ0v) is 8.96. The summed E-state index contributed by atoms with van der Waals surface area (Å²) in [5.74, 6) is 0.975. The van der Waals surface area contributed by atoms with E-state index in [2.05, 4.69) is 24.3 Å². The number of carbonyl (C=O) groups is 1. The van der Waals surface area contributed by atoms with Crippen LogP contribution in [0.15, 0.2) is 41.3 Å². The molecule has 0 bridgehead atoms. The Morgan fingerprint density at radius 3 is 2.93 bits per heavy atom. The van der Waals surface area contributed by atoms with Crippen LogP contribution in [0.2, 0.25) is 0 Å². The Hall–Kier alpha value is -1.28. The zero-order chi connectivity index (χ0) is 10.3. The second-order valence-electron chi connectivity index (χ2n) is 3.75. The number of hydrogen-bond donors (Lipinski definition) is 0. The molecule has 0 saturated carbocycles. The Bertz CT molecular complexity index is 533. The first kappa shape index (κ1) is 8.98. The van der Waals surface area contributed by atoms with Gasteiger partial charge in [0.2, 0.25) is 0 Å². The van der Waals surface area contributed by atoms with E-state index in [4.69, 9.17) is 0 Å². The summed E-state index contributed by atoms with van der Waals surface area (Å²) in [6.45, 7) is 0. The van der Waals surface area contributed by atoms with Crippen molar-refractivity contribution in [2.75, 3.05) is 5.75 Å². The third-order valence-electron chi connectivity index (χ3n) is 2.88. The van der Waals surface area contributed by atoms with E-state index < -0.39 is 0 Å². The largest absolute Gasteiger partial charge is 0.303 e. The van der Waals surface area contributed by atoms with Crippen LogP contribution in [-0.4, -0.2) is 12.0 Å². The second kappa shape index (κ2) is 3.38. The lowest BCUT2D eigenvalue weighted by Crippen LogP contribution is -1.98. The lowest BCUT2D eigenvalue weighted by atomic mass is 9.96. The summed E-state index contributed by atoms with van der Waals surface area (Å²) in [4.78, 5) is 12.3. The fourth-order valence-corrected chi connectivity index (χ4v) is 3.34. The first-order valence-electron chi connectivity index (χ1n) is 5.00. The van der Waals surface area contributed by atoms with E-state index in [1.54, 1.807) is 11.8 Å². The highest BCUT2D eigenvalue weighted by Crippen LogP contribution is 2.42. The van der Waals surface area contributed by atoms with Crippen molar-refractivity contribution in [3.05, 3.63) is 42.0 Å². The van der Waals surface area contributed by atoms with Crippen LogP contribution in [0.4, 0.5) is 0 Å². The Morgan fingerprint density at radius 1 is 1.20 bits per heavy atom. The molecule has 1 nitrogen and oxygen atoms in total. The van der Waals surface area contributed by atoms with Gasteiger partial charge in [0.15, 0.2) is 0 Å². The van der Waals surface area contributed by atoms with E-state index in [-0.39, 0.29) is 5.92 Å². The van der Waals surface area contributed by atoms with E-state index in [0.29, 0.717) is 0 Å².